The molecule has 2 aliphatic rings. The number of hydrogen-bond donors (Lipinski definition) is 2. The number of nitrogens with zero attached hydrogens (tertiary/aromatic N) is 3. The summed E-state index contributed by atoms with van der Waals surface area (Å²) in [6.45, 7) is 4.99. The van der Waals surface area contributed by atoms with Crippen molar-refractivity contribution in [2.75, 3.05) is 38.8 Å². The first-order chi connectivity index (χ1) is 17.4. The van der Waals surface area contributed by atoms with E-state index in [0.717, 1.165) is 25.1 Å². The van der Waals surface area contributed by atoms with Crippen LogP contribution in [0.1, 0.15) is 54.6 Å². The maximum Gasteiger partial charge on any atom is 0.416 e. The Balaban J connectivity index is 1.64. The first kappa shape index (κ1) is 25.4. The van der Waals surface area contributed by atoms with Gasteiger partial charge >= 0.3 is 6.18 Å². The van der Waals surface area contributed by atoms with Crippen LogP contribution in [0, 0.1) is 12.3 Å². The van der Waals surface area contributed by atoms with Gasteiger partial charge in [0.05, 0.1) is 23.6 Å². The van der Waals surface area contributed by atoms with Gasteiger partial charge in [0.2, 0.25) is 0 Å². The quantitative estimate of drug-likeness (QED) is 0.438. The molecule has 0 bridgehead atoms. The number of hydrogen-bond acceptors (Lipinski definition) is 7. The number of aromatic nitrogens is 2. The lowest BCUT2D eigenvalue weighted by molar-refractivity contribution is -0.137. The molecule has 1 aliphatic heterocycles. The highest BCUT2D eigenvalue weighted by molar-refractivity contribution is 5.95. The lowest BCUT2D eigenvalue weighted by Gasteiger charge is -2.25. The fourth-order valence-electron chi connectivity index (χ4n) is 5.69. The summed E-state index contributed by atoms with van der Waals surface area (Å²) in [4.78, 5) is 11.2. The molecule has 198 valence electrons. The number of benzene rings is 2. The molecule has 2 heterocycles. The Labute approximate surface area is 214 Å². The van der Waals surface area contributed by atoms with Crippen LogP contribution in [0.25, 0.3) is 10.9 Å². The highest BCUT2D eigenvalue weighted by atomic mass is 19.4. The summed E-state index contributed by atoms with van der Waals surface area (Å²) in [5, 5.41) is 0.531. The molecule has 2 fully saturated rings. The molecule has 5 rings (SSSR count). The molecular weight excluding hydrogens is 483 g/mol. The number of likely N-dealkylation sites (N-methyl/N-ethyl adjacent to an activating group) is 1. The van der Waals surface area contributed by atoms with Gasteiger partial charge in [-0.15, -0.1) is 0 Å². The third-order valence-corrected chi connectivity index (χ3v) is 7.79. The smallest absolute Gasteiger partial charge is 0.416 e. The van der Waals surface area contributed by atoms with Crippen LogP contribution in [0.3, 0.4) is 0 Å². The standard InChI is InChI=1S/C27H32F3N5O2/c1-14(16-7-17(27(28,29)30)9-18(31)8-16)22-23-20(33-15(2)34-25(23)32)10-21(36-4)24(22)37-12-19-11-26(5-6-26)13-35(19)3/h7-10,14,19H,5-6,11-13,31H2,1-4H3,(H2,32,33,34)/t14-,19+/m1/s1. The fourth-order valence-corrected chi connectivity index (χ4v) is 5.69. The molecule has 2 aromatic carbocycles. The third kappa shape index (κ3) is 4.74. The van der Waals surface area contributed by atoms with Crippen molar-refractivity contribution < 1.29 is 22.6 Å². The summed E-state index contributed by atoms with van der Waals surface area (Å²) in [7, 11) is 3.63. The lowest BCUT2D eigenvalue weighted by Crippen LogP contribution is -2.31. The van der Waals surface area contributed by atoms with Crippen LogP contribution in [-0.2, 0) is 6.18 Å². The Kier molecular flexibility index (Phi) is 6.13. The molecule has 1 saturated heterocycles. The SMILES string of the molecule is COc1cc2nc(C)nc(N)c2c([C@H](C)c2cc(N)cc(C(F)(F)F)c2)c1OC[C@@H]1CC2(CC2)CN1C. The van der Waals surface area contributed by atoms with Crippen LogP contribution >= 0.6 is 0 Å². The summed E-state index contributed by atoms with van der Waals surface area (Å²) < 4.78 is 53.1. The van der Waals surface area contributed by atoms with Crippen LogP contribution in [0.15, 0.2) is 24.3 Å². The third-order valence-electron chi connectivity index (χ3n) is 7.79. The molecule has 4 N–H and O–H groups in total. The average molecular weight is 516 g/mol. The average Bonchev–Trinajstić information content (AvgIpc) is 3.49. The number of nitrogen functional groups attached to an aromatic ring is 2. The fraction of sp³-hybridized carbons (Fsp3) is 0.481. The molecule has 3 aromatic rings. The Morgan fingerprint density at radius 2 is 1.89 bits per heavy atom. The van der Waals surface area contributed by atoms with Crippen molar-refractivity contribution in [1.29, 1.82) is 0 Å². The molecule has 0 unspecified atom stereocenters. The number of alkyl halides is 3. The van der Waals surface area contributed by atoms with Gasteiger partial charge in [-0.05, 0) is 62.4 Å². The Morgan fingerprint density at radius 1 is 1.16 bits per heavy atom. The minimum atomic E-state index is -4.54. The van der Waals surface area contributed by atoms with E-state index < -0.39 is 17.7 Å². The van der Waals surface area contributed by atoms with E-state index >= 15 is 0 Å². The largest absolute Gasteiger partial charge is 0.493 e. The molecule has 10 heteroatoms. The summed E-state index contributed by atoms with van der Waals surface area (Å²) in [5.74, 6) is 0.995. The van der Waals surface area contributed by atoms with Crippen molar-refractivity contribution in [2.24, 2.45) is 5.41 Å². The van der Waals surface area contributed by atoms with Crippen LogP contribution in [0.4, 0.5) is 24.7 Å². The minimum absolute atomic E-state index is 0.0220. The number of ether oxygens (including phenoxy) is 2. The number of aryl methyl sites for hydroxylation is 1. The predicted molar refractivity (Wildman–Crippen MR) is 137 cm³/mol. The highest BCUT2D eigenvalue weighted by Gasteiger charge is 2.50. The summed E-state index contributed by atoms with van der Waals surface area (Å²) in [5.41, 5.74) is 13.4. The Hall–Kier alpha value is -3.27. The van der Waals surface area contributed by atoms with Crippen molar-refractivity contribution in [3.05, 3.63) is 46.8 Å². The zero-order chi connectivity index (χ0) is 26.7. The summed E-state index contributed by atoms with van der Waals surface area (Å²) in [6, 6.07) is 5.56. The van der Waals surface area contributed by atoms with Crippen LogP contribution in [0.2, 0.25) is 0 Å². The Bertz CT molecular complexity index is 1360. The van der Waals surface area contributed by atoms with Gasteiger partial charge in [0.15, 0.2) is 11.5 Å². The number of methoxy groups -OCH3 is 1. The molecule has 1 saturated carbocycles. The molecule has 7 nitrogen and oxygen atoms in total. The van der Waals surface area contributed by atoms with Crippen molar-refractivity contribution in [2.45, 2.75) is 51.2 Å². The number of fused-ring (bicyclic) bond motifs is 1. The van der Waals surface area contributed by atoms with E-state index in [-0.39, 0.29) is 17.5 Å². The monoisotopic (exact) mass is 515 g/mol. The highest BCUT2D eigenvalue weighted by Crippen LogP contribution is 2.54. The number of anilines is 2. The molecule has 0 amide bonds. The predicted octanol–water partition coefficient (Wildman–Crippen LogP) is 5.14. The van der Waals surface area contributed by atoms with E-state index in [1.54, 1.807) is 26.0 Å². The molecule has 0 radical (unpaired) electrons. The molecule has 2 atom stereocenters. The van der Waals surface area contributed by atoms with Crippen LogP contribution in [-0.4, -0.2) is 48.2 Å². The second-order valence-corrected chi connectivity index (χ2v) is 10.6. The van der Waals surface area contributed by atoms with Gasteiger partial charge in [-0.25, -0.2) is 9.97 Å². The van der Waals surface area contributed by atoms with Gasteiger partial charge in [0.1, 0.15) is 18.2 Å². The normalized spacial score (nSPS) is 19.9. The number of rotatable bonds is 6. The second kappa shape index (κ2) is 8.93. The van der Waals surface area contributed by atoms with Crippen LogP contribution < -0.4 is 20.9 Å². The van der Waals surface area contributed by atoms with Crippen molar-refractivity contribution in [3.63, 3.8) is 0 Å². The topological polar surface area (TPSA) is 99.5 Å². The van der Waals surface area contributed by atoms with Gasteiger partial charge in [0, 0.05) is 35.8 Å². The summed E-state index contributed by atoms with van der Waals surface area (Å²) >= 11 is 0. The number of likely N-dealkylation sites (tertiary alicyclic amines) is 1. The van der Waals surface area contributed by atoms with Crippen molar-refractivity contribution in [1.82, 2.24) is 14.9 Å². The van der Waals surface area contributed by atoms with E-state index in [4.69, 9.17) is 20.9 Å². The van der Waals surface area contributed by atoms with E-state index in [0.29, 0.717) is 51.4 Å². The van der Waals surface area contributed by atoms with Gasteiger partial charge < -0.3 is 20.9 Å². The molecule has 37 heavy (non-hydrogen) atoms. The molecule has 1 aromatic heterocycles. The maximum atomic E-state index is 13.6. The number of nitrogens with two attached hydrogens (primary N) is 2. The maximum absolute atomic E-state index is 13.6. The van der Waals surface area contributed by atoms with Gasteiger partial charge in [-0.3, -0.25) is 4.90 Å². The zero-order valence-electron chi connectivity index (χ0n) is 21.4. The first-order valence-corrected chi connectivity index (χ1v) is 12.4. The summed E-state index contributed by atoms with van der Waals surface area (Å²) in [6.07, 6.45) is -1.01. The van der Waals surface area contributed by atoms with Crippen molar-refractivity contribution >= 4 is 22.4 Å². The van der Waals surface area contributed by atoms with Crippen molar-refractivity contribution in [3.8, 4) is 11.5 Å². The second-order valence-electron chi connectivity index (χ2n) is 10.6. The Morgan fingerprint density at radius 3 is 2.51 bits per heavy atom. The van der Waals surface area contributed by atoms with Crippen LogP contribution in [0.5, 0.6) is 11.5 Å². The van der Waals surface area contributed by atoms with E-state index in [2.05, 4.69) is 21.9 Å². The zero-order valence-corrected chi connectivity index (χ0v) is 21.4. The van der Waals surface area contributed by atoms with E-state index in [1.807, 2.05) is 0 Å². The minimum Gasteiger partial charge on any atom is -0.493 e. The molecule has 1 aliphatic carbocycles. The van der Waals surface area contributed by atoms with Gasteiger partial charge in [-0.2, -0.15) is 13.2 Å². The molecule has 1 spiro atoms. The lowest BCUT2D eigenvalue weighted by atomic mass is 9.88. The van der Waals surface area contributed by atoms with Gasteiger partial charge in [0.25, 0.3) is 0 Å². The molecular formula is C27H32F3N5O2. The van der Waals surface area contributed by atoms with E-state index in [1.165, 1.54) is 20.0 Å². The first-order valence-electron chi connectivity index (χ1n) is 12.4. The number of halogens is 3. The van der Waals surface area contributed by atoms with E-state index in [9.17, 15) is 13.2 Å². The van der Waals surface area contributed by atoms with Gasteiger partial charge in [-0.1, -0.05) is 6.92 Å².